The number of nitrogens with two attached hydrogens (primary N) is 1. The molecule has 7 nitrogen and oxygen atoms in total. The molecule has 28 heavy (non-hydrogen) atoms. The van der Waals surface area contributed by atoms with E-state index in [0.29, 0.717) is 44.5 Å². The van der Waals surface area contributed by atoms with Crippen LogP contribution < -0.4 is 11.1 Å². The quantitative estimate of drug-likeness (QED) is 0.708. The third kappa shape index (κ3) is 4.54. The van der Waals surface area contributed by atoms with E-state index in [9.17, 15) is 14.7 Å². The average molecular weight is 389 g/mol. The molecule has 2 aliphatic heterocycles. The second kappa shape index (κ2) is 8.19. The normalized spacial score (nSPS) is 26.9. The zero-order chi connectivity index (χ0) is 20.4. The first-order valence-corrected chi connectivity index (χ1v) is 9.96. The summed E-state index contributed by atoms with van der Waals surface area (Å²) >= 11 is 0. The van der Waals surface area contributed by atoms with Crippen LogP contribution in [0.5, 0.6) is 0 Å². The molecule has 0 aliphatic carbocycles. The van der Waals surface area contributed by atoms with E-state index in [0.717, 1.165) is 12.0 Å². The van der Waals surface area contributed by atoms with Crippen molar-refractivity contribution in [2.45, 2.75) is 56.8 Å². The summed E-state index contributed by atoms with van der Waals surface area (Å²) in [5.41, 5.74) is 5.89. The molecule has 2 aliphatic rings. The van der Waals surface area contributed by atoms with Crippen LogP contribution in [0.15, 0.2) is 24.3 Å². The number of rotatable bonds is 4. The Labute approximate surface area is 166 Å². The van der Waals surface area contributed by atoms with E-state index in [2.05, 4.69) is 5.32 Å². The van der Waals surface area contributed by atoms with Gasteiger partial charge in [0.05, 0.1) is 18.2 Å². The lowest BCUT2D eigenvalue weighted by Gasteiger charge is -2.50. The van der Waals surface area contributed by atoms with Crippen molar-refractivity contribution in [2.24, 2.45) is 5.73 Å². The van der Waals surface area contributed by atoms with E-state index in [4.69, 9.17) is 10.5 Å². The third-order valence-electron chi connectivity index (χ3n) is 5.97. The van der Waals surface area contributed by atoms with Crippen LogP contribution in [0.1, 0.15) is 49.0 Å². The van der Waals surface area contributed by atoms with Crippen LogP contribution in [-0.4, -0.2) is 65.3 Å². The molecule has 2 atom stereocenters. The lowest BCUT2D eigenvalue weighted by Crippen LogP contribution is -2.63. The van der Waals surface area contributed by atoms with E-state index in [1.807, 2.05) is 29.2 Å². The molecule has 2 saturated heterocycles. The van der Waals surface area contributed by atoms with Gasteiger partial charge in [0.15, 0.2) is 0 Å². The summed E-state index contributed by atoms with van der Waals surface area (Å²) in [5, 5.41) is 13.4. The van der Waals surface area contributed by atoms with Gasteiger partial charge in [0.25, 0.3) is 5.91 Å². The monoisotopic (exact) mass is 389 g/mol. The second-order valence-electron chi connectivity index (χ2n) is 8.31. The highest BCUT2D eigenvalue weighted by atomic mass is 16.5. The lowest BCUT2D eigenvalue weighted by atomic mass is 9.77. The number of carbonyl (C=O) groups excluding carboxylic acids is 2. The Morgan fingerprint density at radius 2 is 1.93 bits per heavy atom. The summed E-state index contributed by atoms with van der Waals surface area (Å²) in [5.74, 6) is -0.136. The molecule has 0 unspecified atom stereocenters. The van der Waals surface area contributed by atoms with Crippen LogP contribution in [0, 0.1) is 0 Å². The molecule has 154 valence electrons. The SMILES string of the molecule is CC(=O)N[C@H]1CC2(CCN(C(=O)c3ccc(CCN)cc3)CC2)OC[C@]1(C)O. The number of hydrogen-bond acceptors (Lipinski definition) is 5. The fourth-order valence-corrected chi connectivity index (χ4v) is 4.13. The van der Waals surface area contributed by atoms with Gasteiger partial charge in [-0.05, 0) is 56.8 Å². The Morgan fingerprint density at radius 3 is 2.50 bits per heavy atom. The third-order valence-corrected chi connectivity index (χ3v) is 5.97. The second-order valence-corrected chi connectivity index (χ2v) is 8.31. The Morgan fingerprint density at radius 1 is 1.29 bits per heavy atom. The zero-order valence-corrected chi connectivity index (χ0v) is 16.7. The molecule has 0 bridgehead atoms. The fourth-order valence-electron chi connectivity index (χ4n) is 4.13. The molecule has 2 amide bonds. The number of ether oxygens (including phenoxy) is 1. The van der Waals surface area contributed by atoms with Gasteiger partial charge in [-0.1, -0.05) is 12.1 Å². The molecule has 3 rings (SSSR count). The molecule has 7 heteroatoms. The number of piperidine rings is 1. The average Bonchev–Trinajstić information content (AvgIpc) is 2.66. The van der Waals surface area contributed by atoms with Crippen LogP contribution in [0.4, 0.5) is 0 Å². The molecule has 0 aromatic heterocycles. The highest BCUT2D eigenvalue weighted by Gasteiger charge is 2.49. The number of likely N-dealkylation sites (tertiary alicyclic amines) is 1. The van der Waals surface area contributed by atoms with Crippen molar-refractivity contribution in [3.05, 3.63) is 35.4 Å². The molecule has 2 fully saturated rings. The topological polar surface area (TPSA) is 105 Å². The fraction of sp³-hybridized carbons (Fsp3) is 0.619. The predicted molar refractivity (Wildman–Crippen MR) is 106 cm³/mol. The highest BCUT2D eigenvalue weighted by molar-refractivity contribution is 5.94. The van der Waals surface area contributed by atoms with Crippen molar-refractivity contribution < 1.29 is 19.4 Å². The number of aliphatic hydroxyl groups is 1. The Kier molecular flexibility index (Phi) is 6.07. The van der Waals surface area contributed by atoms with Crippen molar-refractivity contribution in [1.82, 2.24) is 10.2 Å². The standard InChI is InChI=1S/C21H31N3O4/c1-15(25)23-18-13-21(28-14-20(18,2)27)8-11-24(12-9-21)19(26)17-5-3-16(4-6-17)7-10-22/h3-6,18,27H,7-14,22H2,1-2H3,(H,23,25)/t18-,20-/m0/s1. The summed E-state index contributed by atoms with van der Waals surface area (Å²) < 4.78 is 6.06. The van der Waals surface area contributed by atoms with Crippen LogP contribution >= 0.6 is 0 Å². The minimum absolute atomic E-state index is 0.0235. The Hall–Kier alpha value is -1.96. The number of amides is 2. The summed E-state index contributed by atoms with van der Waals surface area (Å²) in [6.45, 7) is 5.10. The number of benzene rings is 1. The summed E-state index contributed by atoms with van der Waals surface area (Å²) in [4.78, 5) is 26.2. The van der Waals surface area contributed by atoms with Crippen LogP contribution in [0.3, 0.4) is 0 Å². The Balaban J connectivity index is 1.61. The van der Waals surface area contributed by atoms with E-state index >= 15 is 0 Å². The van der Waals surface area contributed by atoms with Gasteiger partial charge < -0.3 is 25.8 Å². The van der Waals surface area contributed by atoms with Gasteiger partial charge in [-0.15, -0.1) is 0 Å². The van der Waals surface area contributed by atoms with Gasteiger partial charge in [0, 0.05) is 25.6 Å². The van der Waals surface area contributed by atoms with Crippen molar-refractivity contribution in [3.8, 4) is 0 Å². The van der Waals surface area contributed by atoms with Gasteiger partial charge in [0.1, 0.15) is 5.60 Å². The maximum atomic E-state index is 12.8. The molecule has 1 aromatic carbocycles. The summed E-state index contributed by atoms with van der Waals surface area (Å²) in [6, 6.07) is 7.28. The molecule has 2 heterocycles. The van der Waals surface area contributed by atoms with Crippen molar-refractivity contribution in [3.63, 3.8) is 0 Å². The largest absolute Gasteiger partial charge is 0.386 e. The van der Waals surface area contributed by atoms with Crippen LogP contribution in [0.2, 0.25) is 0 Å². The lowest BCUT2D eigenvalue weighted by molar-refractivity contribution is -0.191. The van der Waals surface area contributed by atoms with E-state index in [-0.39, 0.29) is 24.5 Å². The highest BCUT2D eigenvalue weighted by Crippen LogP contribution is 2.38. The zero-order valence-electron chi connectivity index (χ0n) is 16.7. The minimum Gasteiger partial charge on any atom is -0.386 e. The van der Waals surface area contributed by atoms with Gasteiger partial charge in [-0.2, -0.15) is 0 Å². The van der Waals surface area contributed by atoms with E-state index in [1.165, 1.54) is 6.92 Å². The molecule has 4 N–H and O–H groups in total. The summed E-state index contributed by atoms with van der Waals surface area (Å²) in [7, 11) is 0. The van der Waals surface area contributed by atoms with Crippen molar-refractivity contribution >= 4 is 11.8 Å². The smallest absolute Gasteiger partial charge is 0.253 e. The minimum atomic E-state index is -1.09. The molecule has 1 aromatic rings. The first-order chi connectivity index (χ1) is 13.2. The number of carbonyl (C=O) groups is 2. The van der Waals surface area contributed by atoms with Crippen LogP contribution in [0.25, 0.3) is 0 Å². The van der Waals surface area contributed by atoms with Gasteiger partial charge in [0.2, 0.25) is 5.91 Å². The van der Waals surface area contributed by atoms with E-state index < -0.39 is 11.2 Å². The Bertz CT molecular complexity index is 709. The maximum Gasteiger partial charge on any atom is 0.253 e. The number of nitrogens with zero attached hydrogens (tertiary/aromatic N) is 1. The molecule has 0 radical (unpaired) electrons. The van der Waals surface area contributed by atoms with Gasteiger partial charge >= 0.3 is 0 Å². The molecule has 1 spiro atoms. The predicted octanol–water partition coefficient (Wildman–Crippen LogP) is 0.839. The number of hydrogen-bond donors (Lipinski definition) is 3. The van der Waals surface area contributed by atoms with E-state index in [1.54, 1.807) is 6.92 Å². The first kappa shape index (κ1) is 20.8. The number of nitrogens with one attached hydrogen (secondary N) is 1. The maximum absolute atomic E-state index is 12.8. The van der Waals surface area contributed by atoms with Gasteiger partial charge in [-0.25, -0.2) is 0 Å². The first-order valence-electron chi connectivity index (χ1n) is 9.96. The molecule has 0 saturated carbocycles. The van der Waals surface area contributed by atoms with Crippen LogP contribution in [-0.2, 0) is 16.0 Å². The molecular weight excluding hydrogens is 358 g/mol. The van der Waals surface area contributed by atoms with Gasteiger partial charge in [-0.3, -0.25) is 9.59 Å². The van der Waals surface area contributed by atoms with Crippen molar-refractivity contribution in [2.75, 3.05) is 26.2 Å². The molecular formula is C21H31N3O4. The summed E-state index contributed by atoms with van der Waals surface area (Å²) in [6.07, 6.45) is 2.74. The van der Waals surface area contributed by atoms with Crippen molar-refractivity contribution in [1.29, 1.82) is 0 Å².